The van der Waals surface area contributed by atoms with E-state index in [1.807, 2.05) is 0 Å². The van der Waals surface area contributed by atoms with Crippen molar-refractivity contribution in [1.29, 1.82) is 0 Å². The molecule has 0 aliphatic heterocycles. The Hall–Kier alpha value is -1.10. The first-order valence-electron chi connectivity index (χ1n) is 25.0. The molecule has 0 bridgehead atoms. The van der Waals surface area contributed by atoms with Crippen molar-refractivity contribution in [3.8, 4) is 0 Å². The van der Waals surface area contributed by atoms with Crippen LogP contribution in [-0.4, -0.2) is 37.4 Å². The molecular weight excluding hydrogens is 681 g/mol. The van der Waals surface area contributed by atoms with Crippen molar-refractivity contribution in [2.45, 2.75) is 284 Å². The molecule has 55 heavy (non-hydrogen) atoms. The second-order valence-corrected chi connectivity index (χ2v) is 17.8. The van der Waals surface area contributed by atoms with E-state index in [1.54, 1.807) is 0 Å². The van der Waals surface area contributed by atoms with Crippen molar-refractivity contribution in [2.24, 2.45) is 11.8 Å². The normalized spacial score (nSPS) is 13.5. The van der Waals surface area contributed by atoms with Crippen LogP contribution in [0.3, 0.4) is 0 Å². The summed E-state index contributed by atoms with van der Waals surface area (Å²) < 4.78 is 18.0. The molecule has 0 spiro atoms. The quantitative estimate of drug-likeness (QED) is 0.0456. The highest BCUT2D eigenvalue weighted by Crippen LogP contribution is 2.27. The molecule has 5 heteroatoms. The van der Waals surface area contributed by atoms with Crippen LogP contribution < -0.4 is 0 Å². The summed E-state index contributed by atoms with van der Waals surface area (Å²) in [6.07, 6.45) is 46.9. The number of esters is 2. The Balaban J connectivity index is 2.11. The minimum atomic E-state index is 0.0352. The summed E-state index contributed by atoms with van der Waals surface area (Å²) in [5.41, 5.74) is 0. The van der Waals surface area contributed by atoms with Crippen molar-refractivity contribution >= 4 is 11.9 Å². The SMILES string of the molecule is CCCCCC(CCCCC)CC(=O)OCCCCCCCCCC(CCCCCCCCCOC(=O)CC(CCCCC)CCCCC)OC1CCCC1. The third kappa shape index (κ3) is 33.6. The van der Waals surface area contributed by atoms with E-state index >= 15 is 0 Å². The molecule has 0 aromatic heterocycles. The van der Waals surface area contributed by atoms with Gasteiger partial charge in [-0.25, -0.2) is 0 Å². The van der Waals surface area contributed by atoms with Gasteiger partial charge in [-0.1, -0.05) is 195 Å². The van der Waals surface area contributed by atoms with Crippen molar-refractivity contribution in [1.82, 2.24) is 0 Å². The number of rotatable bonds is 42. The molecule has 1 saturated carbocycles. The molecule has 0 radical (unpaired) electrons. The molecule has 0 saturated heterocycles. The van der Waals surface area contributed by atoms with Gasteiger partial charge in [0.25, 0.3) is 0 Å². The zero-order valence-electron chi connectivity index (χ0n) is 37.6. The van der Waals surface area contributed by atoms with Gasteiger partial charge in [-0.3, -0.25) is 9.59 Å². The molecule has 0 N–H and O–H groups in total. The van der Waals surface area contributed by atoms with Crippen LogP contribution >= 0.6 is 0 Å². The largest absolute Gasteiger partial charge is 0.466 e. The second kappa shape index (κ2) is 39.7. The van der Waals surface area contributed by atoms with Gasteiger partial charge in [-0.15, -0.1) is 0 Å². The van der Waals surface area contributed by atoms with Gasteiger partial charge in [0.1, 0.15) is 0 Å². The van der Waals surface area contributed by atoms with Gasteiger partial charge < -0.3 is 14.2 Å². The van der Waals surface area contributed by atoms with E-state index in [0.717, 1.165) is 12.8 Å². The fraction of sp³-hybridized carbons (Fsp3) is 0.960. The Morgan fingerprint density at radius 1 is 0.418 bits per heavy atom. The highest BCUT2D eigenvalue weighted by molar-refractivity contribution is 5.70. The Morgan fingerprint density at radius 2 is 0.727 bits per heavy atom. The summed E-state index contributed by atoms with van der Waals surface area (Å²) in [7, 11) is 0. The maximum atomic E-state index is 12.5. The van der Waals surface area contributed by atoms with E-state index < -0.39 is 0 Å². The van der Waals surface area contributed by atoms with Crippen LogP contribution in [-0.2, 0) is 23.8 Å². The fourth-order valence-corrected chi connectivity index (χ4v) is 8.68. The van der Waals surface area contributed by atoms with E-state index in [2.05, 4.69) is 27.7 Å². The Morgan fingerprint density at radius 3 is 1.07 bits per heavy atom. The van der Waals surface area contributed by atoms with Crippen LogP contribution in [0.15, 0.2) is 0 Å². The monoisotopic (exact) mass is 777 g/mol. The summed E-state index contributed by atoms with van der Waals surface area (Å²) in [4.78, 5) is 25.0. The Labute approximate surface area is 343 Å². The van der Waals surface area contributed by atoms with Crippen LogP contribution in [0.4, 0.5) is 0 Å². The van der Waals surface area contributed by atoms with Crippen LogP contribution in [0.5, 0.6) is 0 Å². The van der Waals surface area contributed by atoms with Crippen LogP contribution in [0, 0.1) is 11.8 Å². The molecule has 1 aliphatic carbocycles. The van der Waals surface area contributed by atoms with E-state index in [0.29, 0.717) is 50.1 Å². The molecule has 0 amide bonds. The molecule has 0 atom stereocenters. The molecule has 0 aromatic carbocycles. The van der Waals surface area contributed by atoms with Gasteiger partial charge in [0, 0.05) is 12.8 Å². The number of hydrogen-bond donors (Lipinski definition) is 0. The summed E-state index contributed by atoms with van der Waals surface area (Å²) >= 11 is 0. The summed E-state index contributed by atoms with van der Waals surface area (Å²) in [5, 5.41) is 0. The average molecular weight is 777 g/mol. The lowest BCUT2D eigenvalue weighted by Crippen LogP contribution is -2.20. The minimum Gasteiger partial charge on any atom is -0.466 e. The van der Waals surface area contributed by atoms with Gasteiger partial charge >= 0.3 is 11.9 Å². The fourth-order valence-electron chi connectivity index (χ4n) is 8.68. The first-order chi connectivity index (χ1) is 27.0. The van der Waals surface area contributed by atoms with E-state index in [-0.39, 0.29) is 11.9 Å². The minimum absolute atomic E-state index is 0.0352. The predicted octanol–water partition coefficient (Wildman–Crippen LogP) is 16.0. The van der Waals surface area contributed by atoms with Gasteiger partial charge in [0.2, 0.25) is 0 Å². The summed E-state index contributed by atoms with van der Waals surface area (Å²) in [5.74, 6) is 1.10. The number of ether oxygens (including phenoxy) is 3. The molecule has 1 aliphatic rings. The molecule has 326 valence electrons. The third-order valence-electron chi connectivity index (χ3n) is 12.3. The van der Waals surface area contributed by atoms with Gasteiger partial charge in [-0.05, 0) is 76.0 Å². The Kier molecular flexibility index (Phi) is 37.5. The lowest BCUT2D eigenvalue weighted by atomic mass is 9.92. The lowest BCUT2D eigenvalue weighted by molar-refractivity contribution is -0.146. The van der Waals surface area contributed by atoms with Gasteiger partial charge in [-0.2, -0.15) is 0 Å². The maximum Gasteiger partial charge on any atom is 0.306 e. The molecule has 0 aromatic rings. The number of carbonyl (C=O) groups is 2. The zero-order valence-corrected chi connectivity index (χ0v) is 37.6. The first-order valence-corrected chi connectivity index (χ1v) is 25.0. The van der Waals surface area contributed by atoms with Crippen molar-refractivity contribution < 1.29 is 23.8 Å². The highest BCUT2D eigenvalue weighted by Gasteiger charge is 2.20. The van der Waals surface area contributed by atoms with Crippen LogP contribution in [0.2, 0.25) is 0 Å². The van der Waals surface area contributed by atoms with E-state index in [1.165, 1.54) is 218 Å². The van der Waals surface area contributed by atoms with Crippen molar-refractivity contribution in [3.05, 3.63) is 0 Å². The van der Waals surface area contributed by atoms with Gasteiger partial charge in [0.15, 0.2) is 0 Å². The number of hydrogen-bond acceptors (Lipinski definition) is 5. The topological polar surface area (TPSA) is 61.8 Å². The van der Waals surface area contributed by atoms with Gasteiger partial charge in [0.05, 0.1) is 25.4 Å². The third-order valence-corrected chi connectivity index (χ3v) is 12.3. The highest BCUT2D eigenvalue weighted by atomic mass is 16.5. The number of carbonyl (C=O) groups excluding carboxylic acids is 2. The summed E-state index contributed by atoms with van der Waals surface area (Å²) in [6.45, 7) is 10.2. The lowest BCUT2D eigenvalue weighted by Gasteiger charge is -2.22. The molecular formula is C50H96O5. The smallest absolute Gasteiger partial charge is 0.306 e. The van der Waals surface area contributed by atoms with Crippen LogP contribution in [0.1, 0.15) is 272 Å². The maximum absolute atomic E-state index is 12.5. The second-order valence-electron chi connectivity index (χ2n) is 17.8. The molecule has 5 nitrogen and oxygen atoms in total. The standard InChI is InChI=1S/C50H96O5/c1-5-9-23-33-45(34-24-10-6-2)43-49(51)53-41-31-21-17-13-15-19-27-37-47(55-48-39-29-30-40-48)38-28-20-16-14-18-22-32-42-54-50(52)44-46(35-25-11-7-3)36-26-12-8-4/h45-48H,5-44H2,1-4H3. The molecule has 0 heterocycles. The van der Waals surface area contributed by atoms with E-state index in [4.69, 9.17) is 14.2 Å². The summed E-state index contributed by atoms with van der Waals surface area (Å²) in [6, 6.07) is 0. The molecule has 0 unspecified atom stereocenters. The zero-order chi connectivity index (χ0) is 39.9. The molecule has 1 rings (SSSR count). The average Bonchev–Trinajstić information content (AvgIpc) is 3.69. The van der Waals surface area contributed by atoms with Crippen LogP contribution in [0.25, 0.3) is 0 Å². The van der Waals surface area contributed by atoms with Crippen molar-refractivity contribution in [3.63, 3.8) is 0 Å². The number of unbranched alkanes of at least 4 members (excludes halogenated alkanes) is 20. The Bertz CT molecular complexity index is 745. The van der Waals surface area contributed by atoms with Crippen molar-refractivity contribution in [2.75, 3.05) is 13.2 Å². The first kappa shape index (κ1) is 51.9. The predicted molar refractivity (Wildman–Crippen MR) is 236 cm³/mol. The van der Waals surface area contributed by atoms with E-state index in [9.17, 15) is 9.59 Å². The molecule has 1 fully saturated rings.